The lowest BCUT2D eigenvalue weighted by atomic mass is 9.31. The predicted octanol–water partition coefficient (Wildman–Crippen LogP) is 7.37. The van der Waals surface area contributed by atoms with Crippen molar-refractivity contribution in [2.45, 2.75) is 125 Å². The molecule has 0 aromatic heterocycles. The van der Waals surface area contributed by atoms with Gasteiger partial charge in [0.25, 0.3) is 0 Å². The molecule has 0 bridgehead atoms. The molecule has 3 heteroatoms. The maximum atomic E-state index is 12.5. The second-order valence-electron chi connectivity index (χ2n) is 15.6. The molecule has 2 N–H and O–H groups in total. The van der Waals surface area contributed by atoms with Crippen LogP contribution in [-0.2, 0) is 9.53 Å². The summed E-state index contributed by atoms with van der Waals surface area (Å²) in [5, 5.41) is 0. The van der Waals surface area contributed by atoms with E-state index in [9.17, 15) is 4.79 Å². The van der Waals surface area contributed by atoms with Gasteiger partial charge in [0.2, 0.25) is 5.91 Å². The second-order valence-corrected chi connectivity index (χ2v) is 15.6. The van der Waals surface area contributed by atoms with Gasteiger partial charge >= 0.3 is 0 Å². The molecule has 0 aliphatic heterocycles. The maximum Gasteiger partial charge on any atom is 0.223 e. The molecule has 5 saturated carbocycles. The summed E-state index contributed by atoms with van der Waals surface area (Å²) in [5.74, 6) is 2.86. The largest absolute Gasteiger partial charge is 0.381 e. The van der Waals surface area contributed by atoms with E-state index in [0.29, 0.717) is 33.7 Å². The fourth-order valence-electron chi connectivity index (χ4n) is 11.8. The third-order valence-corrected chi connectivity index (χ3v) is 14.3. The first kappa shape index (κ1) is 25.1. The summed E-state index contributed by atoms with van der Waals surface area (Å²) in [6, 6.07) is 0. The molecule has 0 aromatic carbocycles. The highest BCUT2D eigenvalue weighted by Crippen LogP contribution is 2.77. The van der Waals surface area contributed by atoms with Crippen molar-refractivity contribution >= 4 is 5.91 Å². The Bertz CT molecular complexity index is 852. The zero-order valence-electron chi connectivity index (χ0n) is 23.6. The summed E-state index contributed by atoms with van der Waals surface area (Å²) in [7, 11) is 1.93. The van der Waals surface area contributed by atoms with Crippen molar-refractivity contribution in [1.82, 2.24) is 0 Å². The summed E-state index contributed by atoms with van der Waals surface area (Å²) >= 11 is 0. The van der Waals surface area contributed by atoms with E-state index in [0.717, 1.165) is 30.6 Å². The highest BCUT2D eigenvalue weighted by Gasteiger charge is 2.69. The van der Waals surface area contributed by atoms with Crippen molar-refractivity contribution in [3.05, 3.63) is 0 Å². The molecule has 0 spiro atoms. The van der Waals surface area contributed by atoms with Gasteiger partial charge in [-0.25, -0.2) is 0 Å². The zero-order valence-corrected chi connectivity index (χ0v) is 23.6. The average molecular weight is 472 g/mol. The number of carbonyl (C=O) groups excluding carboxylic acids is 1. The van der Waals surface area contributed by atoms with E-state index in [2.05, 4.69) is 48.5 Å². The Hall–Kier alpha value is -0.570. The number of hydrogen-bond acceptors (Lipinski definition) is 2. The number of rotatable bonds is 2. The molecular weight excluding hydrogens is 418 g/mol. The Kier molecular flexibility index (Phi) is 5.52. The van der Waals surface area contributed by atoms with Crippen molar-refractivity contribution in [3.63, 3.8) is 0 Å². The first-order valence-corrected chi connectivity index (χ1v) is 14.5. The quantitative estimate of drug-likeness (QED) is 0.457. The van der Waals surface area contributed by atoms with Crippen molar-refractivity contribution < 1.29 is 9.53 Å². The van der Waals surface area contributed by atoms with Gasteiger partial charge in [-0.2, -0.15) is 0 Å². The van der Waals surface area contributed by atoms with E-state index in [-0.39, 0.29) is 16.7 Å². The number of methoxy groups -OCH3 is 1. The van der Waals surface area contributed by atoms with E-state index in [1.54, 1.807) is 0 Å². The molecule has 0 saturated heterocycles. The number of ether oxygens (including phenoxy) is 1. The van der Waals surface area contributed by atoms with Gasteiger partial charge in [-0.3, -0.25) is 4.79 Å². The molecule has 1 amide bonds. The van der Waals surface area contributed by atoms with E-state index < -0.39 is 0 Å². The lowest BCUT2D eigenvalue weighted by Crippen LogP contribution is -2.67. The van der Waals surface area contributed by atoms with Gasteiger partial charge in [0.15, 0.2) is 0 Å². The molecule has 5 aliphatic rings. The molecule has 5 fully saturated rings. The van der Waals surface area contributed by atoms with Crippen molar-refractivity contribution in [2.75, 3.05) is 7.11 Å². The normalized spacial score (nSPS) is 56.4. The Morgan fingerprint density at radius 1 is 0.735 bits per heavy atom. The van der Waals surface area contributed by atoms with E-state index in [4.69, 9.17) is 10.5 Å². The van der Waals surface area contributed by atoms with Gasteiger partial charge in [-0.1, -0.05) is 48.5 Å². The summed E-state index contributed by atoms with van der Waals surface area (Å²) < 4.78 is 6.04. The minimum absolute atomic E-state index is 0.0631. The van der Waals surface area contributed by atoms with Crippen LogP contribution in [-0.4, -0.2) is 19.1 Å². The van der Waals surface area contributed by atoms with Crippen LogP contribution in [0.3, 0.4) is 0 Å². The summed E-state index contributed by atoms with van der Waals surface area (Å²) in [6.45, 7) is 17.8. The zero-order chi connectivity index (χ0) is 24.9. The Labute approximate surface area is 209 Å². The highest BCUT2D eigenvalue weighted by atomic mass is 16.5. The van der Waals surface area contributed by atoms with Gasteiger partial charge in [-0.15, -0.1) is 0 Å². The standard InChI is InChI=1S/C31H53NO2/c1-26(2)22-11-14-31(7)23(29(22,5)13-12-24(26)34-8)10-9-20-21-19-28(4,25(32)33)16-15-27(21,3)17-18-30(20,31)6/h20-24H,9-19H2,1-8H3,(H2,32,33)/t20-,21-,22?,23-,24?,27-,28?,29+,30-,31-/m1/s1. The van der Waals surface area contributed by atoms with Crippen LogP contribution < -0.4 is 5.73 Å². The van der Waals surface area contributed by atoms with Gasteiger partial charge in [0.1, 0.15) is 0 Å². The van der Waals surface area contributed by atoms with Crippen molar-refractivity contribution in [2.24, 2.45) is 61.9 Å². The molecule has 5 rings (SSSR count). The van der Waals surface area contributed by atoms with Crippen LogP contribution in [0.4, 0.5) is 0 Å². The fraction of sp³-hybridized carbons (Fsp3) is 0.968. The summed E-state index contributed by atoms with van der Waals surface area (Å²) in [6.07, 6.45) is 14.2. The van der Waals surface area contributed by atoms with Gasteiger partial charge in [0.05, 0.1) is 6.10 Å². The first-order chi connectivity index (χ1) is 15.7. The lowest BCUT2D eigenvalue weighted by molar-refractivity contribution is -0.254. The van der Waals surface area contributed by atoms with Crippen LogP contribution in [0.1, 0.15) is 119 Å². The highest BCUT2D eigenvalue weighted by molar-refractivity contribution is 5.80. The molecular formula is C31H53NO2. The Balaban J connectivity index is 1.51. The smallest absolute Gasteiger partial charge is 0.223 e. The molecule has 10 atom stereocenters. The van der Waals surface area contributed by atoms with Gasteiger partial charge in [0, 0.05) is 12.5 Å². The number of nitrogens with two attached hydrogens (primary N) is 1. The van der Waals surface area contributed by atoms with E-state index >= 15 is 0 Å². The number of carbonyl (C=O) groups is 1. The summed E-state index contributed by atoms with van der Waals surface area (Å²) in [4.78, 5) is 12.5. The molecule has 0 aromatic rings. The SMILES string of the molecule is COC1CC[C@@]2(C)C(CC[C@]3(C)[C@@H]2CC[C@@H]2[C@H]4CC(C)(C(N)=O)CC[C@]4(C)CC[C@]23C)C1(C)C. The minimum Gasteiger partial charge on any atom is -0.381 e. The Morgan fingerprint density at radius 3 is 2.06 bits per heavy atom. The molecule has 3 nitrogen and oxygen atoms in total. The molecule has 5 aliphatic carbocycles. The van der Waals surface area contributed by atoms with Gasteiger partial charge < -0.3 is 10.5 Å². The van der Waals surface area contributed by atoms with Crippen LogP contribution >= 0.6 is 0 Å². The Morgan fingerprint density at radius 2 is 1.41 bits per heavy atom. The van der Waals surface area contributed by atoms with Crippen molar-refractivity contribution in [3.8, 4) is 0 Å². The van der Waals surface area contributed by atoms with Crippen LogP contribution in [0.2, 0.25) is 0 Å². The number of primary amides is 1. The van der Waals surface area contributed by atoms with Crippen LogP contribution in [0.5, 0.6) is 0 Å². The van der Waals surface area contributed by atoms with Crippen LogP contribution in [0.25, 0.3) is 0 Å². The van der Waals surface area contributed by atoms with Crippen molar-refractivity contribution in [1.29, 1.82) is 0 Å². The number of amides is 1. The van der Waals surface area contributed by atoms with E-state index in [1.807, 2.05) is 7.11 Å². The first-order valence-electron chi connectivity index (χ1n) is 14.5. The molecule has 0 radical (unpaired) electrons. The molecule has 34 heavy (non-hydrogen) atoms. The minimum atomic E-state index is -0.313. The number of fused-ring (bicyclic) bond motifs is 7. The predicted molar refractivity (Wildman–Crippen MR) is 139 cm³/mol. The monoisotopic (exact) mass is 471 g/mol. The fourth-order valence-corrected chi connectivity index (χ4v) is 11.8. The second kappa shape index (κ2) is 7.48. The molecule has 194 valence electrons. The van der Waals surface area contributed by atoms with Crippen LogP contribution in [0.15, 0.2) is 0 Å². The summed E-state index contributed by atoms with van der Waals surface area (Å²) in [5.41, 5.74) is 7.48. The maximum absolute atomic E-state index is 12.5. The third kappa shape index (κ3) is 3.00. The third-order valence-electron chi connectivity index (χ3n) is 14.3. The molecule has 0 heterocycles. The topological polar surface area (TPSA) is 52.3 Å². The number of hydrogen-bond donors (Lipinski definition) is 1. The van der Waals surface area contributed by atoms with Gasteiger partial charge in [-0.05, 0) is 121 Å². The lowest BCUT2D eigenvalue weighted by Gasteiger charge is -2.73. The van der Waals surface area contributed by atoms with Crippen LogP contribution in [0, 0.1) is 56.2 Å². The van der Waals surface area contributed by atoms with E-state index in [1.165, 1.54) is 57.8 Å². The molecule has 3 unspecified atom stereocenters. The average Bonchev–Trinajstić information content (AvgIpc) is 2.75.